The van der Waals surface area contributed by atoms with Crippen molar-refractivity contribution < 1.29 is 19.4 Å². The molecule has 5 rings (SSSR count). The molecule has 42 heavy (non-hydrogen) atoms. The lowest BCUT2D eigenvalue weighted by Gasteiger charge is -2.39. The number of piperidine rings is 2. The van der Waals surface area contributed by atoms with E-state index >= 15 is 0 Å². The molecule has 0 spiro atoms. The molecule has 2 aliphatic rings. The quantitative estimate of drug-likeness (QED) is 0.248. The van der Waals surface area contributed by atoms with Gasteiger partial charge in [-0.3, -0.25) is 9.67 Å². The Morgan fingerprint density at radius 3 is 2.67 bits per heavy atom. The van der Waals surface area contributed by atoms with Crippen molar-refractivity contribution in [1.82, 2.24) is 34.9 Å². The first-order chi connectivity index (χ1) is 20.5. The van der Waals surface area contributed by atoms with E-state index in [2.05, 4.69) is 43.6 Å². The number of aliphatic hydroxyl groups is 1. The molecule has 228 valence electrons. The Labute approximate surface area is 246 Å². The molecule has 5 heterocycles. The topological polar surface area (TPSA) is 166 Å². The predicted molar refractivity (Wildman–Crippen MR) is 159 cm³/mol. The highest BCUT2D eigenvalue weighted by molar-refractivity contribution is 5.86. The van der Waals surface area contributed by atoms with Crippen molar-refractivity contribution in [2.45, 2.75) is 76.4 Å². The number of aliphatic hydroxyl groups excluding tert-OH is 1. The minimum atomic E-state index is -1.00. The number of aromatic nitrogens is 5. The van der Waals surface area contributed by atoms with Crippen LogP contribution >= 0.6 is 0 Å². The Balaban J connectivity index is 1.36. The van der Waals surface area contributed by atoms with Crippen molar-refractivity contribution in [3.63, 3.8) is 0 Å². The van der Waals surface area contributed by atoms with Crippen molar-refractivity contribution in [1.29, 1.82) is 0 Å². The van der Waals surface area contributed by atoms with Gasteiger partial charge in [0.1, 0.15) is 22.5 Å². The van der Waals surface area contributed by atoms with Gasteiger partial charge >= 0.3 is 12.1 Å². The number of hydrogen-bond acceptors (Lipinski definition) is 11. The number of carbonyl (C=O) groups is 1. The number of nitrogens with zero attached hydrogens (tertiary/aromatic N) is 6. The maximum Gasteiger partial charge on any atom is 0.412 e. The van der Waals surface area contributed by atoms with Gasteiger partial charge in [-0.25, -0.2) is 4.79 Å². The summed E-state index contributed by atoms with van der Waals surface area (Å²) in [6.07, 6.45) is 9.54. The van der Waals surface area contributed by atoms with E-state index < -0.39 is 6.09 Å². The number of likely N-dealkylation sites (tertiary alicyclic amines) is 1. The Morgan fingerprint density at radius 2 is 1.98 bits per heavy atom. The fourth-order valence-electron chi connectivity index (χ4n) is 6.24. The van der Waals surface area contributed by atoms with Crippen molar-refractivity contribution in [2.24, 2.45) is 5.73 Å². The van der Waals surface area contributed by atoms with Crippen LogP contribution in [0, 0.1) is 0 Å². The Hall–Kier alpha value is -3.55. The van der Waals surface area contributed by atoms with Crippen LogP contribution in [0.2, 0.25) is 0 Å². The van der Waals surface area contributed by atoms with Gasteiger partial charge in [-0.05, 0) is 82.3 Å². The number of carbonyl (C=O) groups excluding carboxylic acids is 1. The van der Waals surface area contributed by atoms with E-state index in [1.807, 2.05) is 6.20 Å². The third-order valence-corrected chi connectivity index (χ3v) is 8.41. The van der Waals surface area contributed by atoms with E-state index in [9.17, 15) is 9.90 Å². The first kappa shape index (κ1) is 29.9. The molecule has 3 aromatic heterocycles. The molecule has 13 nitrogen and oxygen atoms in total. The molecule has 0 bridgehead atoms. The van der Waals surface area contributed by atoms with Crippen LogP contribution in [0.4, 0.5) is 10.6 Å². The van der Waals surface area contributed by atoms with Crippen molar-refractivity contribution in [2.75, 3.05) is 45.2 Å². The molecule has 2 saturated heterocycles. The lowest BCUT2D eigenvalue weighted by molar-refractivity contribution is 0.127. The third-order valence-electron chi connectivity index (χ3n) is 8.41. The van der Waals surface area contributed by atoms with Crippen molar-refractivity contribution >= 4 is 22.9 Å². The van der Waals surface area contributed by atoms with E-state index in [1.54, 1.807) is 18.0 Å². The average Bonchev–Trinajstić information content (AvgIpc) is 3.40. The molecule has 2 fully saturated rings. The van der Waals surface area contributed by atoms with Crippen LogP contribution < -0.4 is 25.8 Å². The lowest BCUT2D eigenvalue weighted by atomic mass is 9.88. The van der Waals surface area contributed by atoms with Crippen LogP contribution in [0.3, 0.4) is 0 Å². The van der Waals surface area contributed by atoms with E-state index in [0.717, 1.165) is 57.6 Å². The minimum Gasteiger partial charge on any atom is -0.495 e. The molecule has 0 aliphatic carbocycles. The number of nitrogens with two attached hydrogens (primary N) is 1. The fourth-order valence-corrected chi connectivity index (χ4v) is 6.24. The van der Waals surface area contributed by atoms with Gasteiger partial charge in [0, 0.05) is 24.9 Å². The monoisotopic (exact) mass is 581 g/mol. The lowest BCUT2D eigenvalue weighted by Crippen LogP contribution is -2.46. The number of methoxy groups -OCH3 is 1. The predicted octanol–water partition coefficient (Wildman–Crippen LogP) is 2.63. The summed E-state index contributed by atoms with van der Waals surface area (Å²) >= 11 is 0. The molecular formula is C29H43N9O4. The van der Waals surface area contributed by atoms with Crippen molar-refractivity contribution in [3.05, 3.63) is 29.7 Å². The second-order valence-electron chi connectivity index (χ2n) is 11.2. The molecule has 3 aromatic rings. The summed E-state index contributed by atoms with van der Waals surface area (Å²) < 4.78 is 12.6. The molecule has 0 aromatic carbocycles. The molecule has 2 aliphatic heterocycles. The number of nitrogens with one attached hydrogen (secondary N) is 2. The average molecular weight is 582 g/mol. The summed E-state index contributed by atoms with van der Waals surface area (Å²) in [6, 6.07) is 2.61. The van der Waals surface area contributed by atoms with Gasteiger partial charge in [0.2, 0.25) is 0 Å². The first-order valence-electron chi connectivity index (χ1n) is 15.0. The van der Waals surface area contributed by atoms with Gasteiger partial charge < -0.3 is 35.8 Å². The van der Waals surface area contributed by atoms with Crippen LogP contribution in [-0.2, 0) is 6.54 Å². The van der Waals surface area contributed by atoms with Crippen LogP contribution in [-0.4, -0.2) is 92.8 Å². The largest absolute Gasteiger partial charge is 0.495 e. The molecule has 13 heteroatoms. The molecule has 1 amide bonds. The van der Waals surface area contributed by atoms with Crippen LogP contribution in [0.5, 0.6) is 11.8 Å². The van der Waals surface area contributed by atoms with Gasteiger partial charge in [0.25, 0.3) is 0 Å². The molecule has 0 radical (unpaired) electrons. The van der Waals surface area contributed by atoms with Gasteiger partial charge in [-0.1, -0.05) is 13.3 Å². The smallest absolute Gasteiger partial charge is 0.412 e. The number of fused-ring (bicyclic) bond motifs is 1. The maximum atomic E-state index is 11.4. The summed E-state index contributed by atoms with van der Waals surface area (Å²) in [4.78, 5) is 27.7. The summed E-state index contributed by atoms with van der Waals surface area (Å²) in [5.41, 5.74) is 8.28. The number of rotatable bonds is 12. The Kier molecular flexibility index (Phi) is 10.0. The molecule has 0 saturated carbocycles. The number of anilines is 1. The highest BCUT2D eigenvalue weighted by Gasteiger charge is 2.28. The Morgan fingerprint density at radius 1 is 1.19 bits per heavy atom. The number of amides is 1. The molecule has 0 unspecified atom stereocenters. The Bertz CT molecular complexity index is 1330. The normalized spacial score (nSPS) is 17.8. The number of primary amides is 1. The van der Waals surface area contributed by atoms with Crippen LogP contribution in [0.15, 0.2) is 18.5 Å². The van der Waals surface area contributed by atoms with Gasteiger partial charge in [-0.2, -0.15) is 15.1 Å². The summed E-state index contributed by atoms with van der Waals surface area (Å²) in [6.45, 7) is 6.90. The minimum absolute atomic E-state index is 0.0281. The van der Waals surface area contributed by atoms with Gasteiger partial charge in [0.05, 0.1) is 19.9 Å². The van der Waals surface area contributed by atoms with Gasteiger partial charge in [0.15, 0.2) is 5.82 Å². The van der Waals surface area contributed by atoms with E-state index in [4.69, 9.17) is 20.2 Å². The molecular weight excluding hydrogens is 538 g/mol. The highest BCUT2D eigenvalue weighted by Crippen LogP contribution is 2.33. The van der Waals surface area contributed by atoms with E-state index in [0.29, 0.717) is 47.5 Å². The fraction of sp³-hybridized carbons (Fsp3) is 0.621. The second kappa shape index (κ2) is 14.1. The second-order valence-corrected chi connectivity index (χ2v) is 11.2. The highest BCUT2D eigenvalue weighted by atomic mass is 16.6. The number of ether oxygens (including phenoxy) is 2. The zero-order chi connectivity index (χ0) is 29.5. The van der Waals surface area contributed by atoms with Crippen molar-refractivity contribution in [3.8, 4) is 11.8 Å². The summed E-state index contributed by atoms with van der Waals surface area (Å²) in [7, 11) is 1.67. The van der Waals surface area contributed by atoms with Crippen LogP contribution in [0.1, 0.15) is 69.0 Å². The number of hydrogen-bond donors (Lipinski definition) is 4. The summed E-state index contributed by atoms with van der Waals surface area (Å²) in [5, 5.41) is 21.0. The third kappa shape index (κ3) is 7.08. The maximum absolute atomic E-state index is 11.4. The zero-order valence-electron chi connectivity index (χ0n) is 24.6. The SMILES string of the molecule is CCC[C@@H](CCO)Nc1nc(OC(N)=O)nc2cnn(Cc3ncc(C4CCN(C5CCNCC5)CC4)cc3OC)c12. The molecule has 1 atom stereocenters. The molecule has 5 N–H and O–H groups in total. The first-order valence-corrected chi connectivity index (χ1v) is 15.0. The van der Waals surface area contributed by atoms with E-state index in [-0.39, 0.29) is 18.7 Å². The van der Waals surface area contributed by atoms with Gasteiger partial charge in [-0.15, -0.1) is 0 Å². The van der Waals surface area contributed by atoms with Crippen LogP contribution in [0.25, 0.3) is 11.0 Å². The standard InChI is InChI=1S/C29H43N9O4/c1-3-4-21(9-14-39)34-27-26-23(35-29(36-27)42-28(30)40)17-33-38(26)18-24-25(41-2)15-20(16-32-24)19-7-12-37(13-8-19)22-5-10-31-11-6-22/h15-17,19,21-22,31,39H,3-14,18H2,1-2H3,(H2,30,40)(H,34,35,36)/t21-/m0/s1. The zero-order valence-corrected chi connectivity index (χ0v) is 24.6. The summed E-state index contributed by atoms with van der Waals surface area (Å²) in [5.74, 6) is 1.61. The van der Waals surface area contributed by atoms with E-state index in [1.165, 1.54) is 18.4 Å². The number of pyridine rings is 1.